The minimum atomic E-state index is 0.797. The maximum absolute atomic E-state index is 6.06. The monoisotopic (exact) mass is 291 g/mol. The van der Waals surface area contributed by atoms with Crippen LogP contribution in [-0.4, -0.2) is 7.05 Å². The molecular formula is C16H18ClNS. The van der Waals surface area contributed by atoms with Gasteiger partial charge in [0.25, 0.3) is 0 Å². The minimum absolute atomic E-state index is 0.797. The first kappa shape index (κ1) is 14.4. The van der Waals surface area contributed by atoms with Crippen LogP contribution in [0.15, 0.2) is 47.4 Å². The molecule has 2 aromatic rings. The van der Waals surface area contributed by atoms with Gasteiger partial charge in [0.2, 0.25) is 0 Å². The lowest BCUT2D eigenvalue weighted by Crippen LogP contribution is -2.06. The van der Waals surface area contributed by atoms with Crippen LogP contribution in [0, 0.1) is 6.92 Å². The summed E-state index contributed by atoms with van der Waals surface area (Å²) in [4.78, 5) is 1.29. The summed E-state index contributed by atoms with van der Waals surface area (Å²) in [5, 5.41) is 3.99. The third kappa shape index (κ3) is 4.00. The van der Waals surface area contributed by atoms with Gasteiger partial charge in [0.1, 0.15) is 0 Å². The molecule has 0 spiro atoms. The molecule has 0 heterocycles. The van der Waals surface area contributed by atoms with Gasteiger partial charge in [-0.1, -0.05) is 35.9 Å². The molecule has 0 unspecified atom stereocenters. The van der Waals surface area contributed by atoms with Crippen molar-refractivity contribution in [2.75, 3.05) is 7.05 Å². The number of benzene rings is 2. The van der Waals surface area contributed by atoms with Gasteiger partial charge >= 0.3 is 0 Å². The largest absolute Gasteiger partial charge is 0.316 e. The van der Waals surface area contributed by atoms with Crippen molar-refractivity contribution >= 4 is 23.4 Å². The van der Waals surface area contributed by atoms with Gasteiger partial charge in [-0.15, -0.1) is 11.8 Å². The van der Waals surface area contributed by atoms with Crippen LogP contribution in [-0.2, 0) is 12.3 Å². The maximum Gasteiger partial charge on any atom is 0.0410 e. The number of nitrogens with one attached hydrogen (secondary N) is 1. The Morgan fingerprint density at radius 2 is 1.89 bits per heavy atom. The molecule has 0 atom stereocenters. The summed E-state index contributed by atoms with van der Waals surface area (Å²) >= 11 is 7.92. The zero-order valence-electron chi connectivity index (χ0n) is 11.2. The molecule has 0 bridgehead atoms. The molecule has 3 heteroatoms. The van der Waals surface area contributed by atoms with E-state index in [1.807, 2.05) is 30.9 Å². The van der Waals surface area contributed by atoms with Gasteiger partial charge in [0.05, 0.1) is 0 Å². The second kappa shape index (κ2) is 6.99. The van der Waals surface area contributed by atoms with E-state index in [0.717, 1.165) is 17.3 Å². The van der Waals surface area contributed by atoms with E-state index >= 15 is 0 Å². The highest BCUT2D eigenvalue weighted by molar-refractivity contribution is 7.98. The number of hydrogen-bond donors (Lipinski definition) is 1. The highest BCUT2D eigenvalue weighted by Crippen LogP contribution is 2.29. The van der Waals surface area contributed by atoms with Crippen molar-refractivity contribution in [3.63, 3.8) is 0 Å². The number of aryl methyl sites for hydroxylation is 1. The van der Waals surface area contributed by atoms with E-state index in [-0.39, 0.29) is 0 Å². The number of halogens is 1. The fourth-order valence-electron chi connectivity index (χ4n) is 1.94. The molecule has 0 aliphatic heterocycles. The van der Waals surface area contributed by atoms with Crippen molar-refractivity contribution in [1.82, 2.24) is 5.32 Å². The second-order valence-electron chi connectivity index (χ2n) is 4.50. The van der Waals surface area contributed by atoms with E-state index in [0.29, 0.717) is 0 Å². The Kier molecular flexibility index (Phi) is 5.32. The smallest absolute Gasteiger partial charge is 0.0410 e. The quantitative estimate of drug-likeness (QED) is 0.804. The molecule has 0 fully saturated rings. The van der Waals surface area contributed by atoms with Crippen LogP contribution >= 0.6 is 23.4 Å². The predicted octanol–water partition coefficient (Wildman–Crippen LogP) is 4.66. The Morgan fingerprint density at radius 3 is 2.63 bits per heavy atom. The van der Waals surface area contributed by atoms with Gasteiger partial charge < -0.3 is 5.32 Å². The topological polar surface area (TPSA) is 12.0 Å². The summed E-state index contributed by atoms with van der Waals surface area (Å²) in [6.45, 7) is 3.00. The summed E-state index contributed by atoms with van der Waals surface area (Å²) in [6.07, 6.45) is 0. The van der Waals surface area contributed by atoms with Crippen molar-refractivity contribution in [1.29, 1.82) is 0 Å². The molecule has 0 amide bonds. The molecule has 19 heavy (non-hydrogen) atoms. The Hall–Kier alpha value is -0.960. The summed E-state index contributed by atoms with van der Waals surface area (Å²) in [5.41, 5.74) is 3.99. The molecule has 2 aromatic carbocycles. The zero-order chi connectivity index (χ0) is 13.7. The number of hydrogen-bond acceptors (Lipinski definition) is 2. The van der Waals surface area contributed by atoms with Crippen LogP contribution < -0.4 is 5.32 Å². The fourth-order valence-corrected chi connectivity index (χ4v) is 3.26. The van der Waals surface area contributed by atoms with Crippen molar-refractivity contribution in [2.45, 2.75) is 24.1 Å². The van der Waals surface area contributed by atoms with E-state index in [1.54, 1.807) is 0 Å². The Balaban J connectivity index is 2.13. The third-order valence-corrected chi connectivity index (χ3v) is 4.43. The van der Waals surface area contributed by atoms with Crippen molar-refractivity contribution in [2.24, 2.45) is 0 Å². The summed E-state index contributed by atoms with van der Waals surface area (Å²) in [7, 11) is 1.96. The van der Waals surface area contributed by atoms with E-state index in [9.17, 15) is 0 Å². The maximum atomic E-state index is 6.06. The summed E-state index contributed by atoms with van der Waals surface area (Å²) in [5.74, 6) is 0.991. The minimum Gasteiger partial charge on any atom is -0.316 e. The molecule has 0 saturated heterocycles. The highest BCUT2D eigenvalue weighted by Gasteiger charge is 2.05. The molecule has 100 valence electrons. The lowest BCUT2D eigenvalue weighted by molar-refractivity contribution is 0.803. The van der Waals surface area contributed by atoms with Crippen LogP contribution in [0.4, 0.5) is 0 Å². The van der Waals surface area contributed by atoms with Gasteiger partial charge in [-0.3, -0.25) is 0 Å². The van der Waals surface area contributed by atoms with E-state index in [4.69, 9.17) is 11.6 Å². The average Bonchev–Trinajstić information content (AvgIpc) is 2.40. The van der Waals surface area contributed by atoms with Crippen molar-refractivity contribution in [3.8, 4) is 0 Å². The lowest BCUT2D eigenvalue weighted by Gasteiger charge is -2.10. The van der Waals surface area contributed by atoms with E-state index in [1.165, 1.54) is 21.6 Å². The molecule has 1 N–H and O–H groups in total. The molecule has 0 aromatic heterocycles. The van der Waals surface area contributed by atoms with Crippen molar-refractivity contribution in [3.05, 3.63) is 64.2 Å². The molecule has 1 nitrogen and oxygen atoms in total. The van der Waals surface area contributed by atoms with Crippen LogP contribution in [0.3, 0.4) is 0 Å². The van der Waals surface area contributed by atoms with E-state index in [2.05, 4.69) is 42.6 Å². The molecule has 0 radical (unpaired) electrons. The molecule has 0 aliphatic carbocycles. The predicted molar refractivity (Wildman–Crippen MR) is 85.0 cm³/mol. The van der Waals surface area contributed by atoms with Gasteiger partial charge in [0, 0.05) is 22.2 Å². The standard InChI is InChI=1S/C16H18ClNS/c1-12-5-3-4-6-13(12)11-19-16-8-7-15(17)9-14(16)10-18-2/h3-9,18H,10-11H2,1-2H3. The fraction of sp³-hybridized carbons (Fsp3) is 0.250. The van der Waals surface area contributed by atoms with Gasteiger partial charge in [-0.25, -0.2) is 0 Å². The second-order valence-corrected chi connectivity index (χ2v) is 5.95. The van der Waals surface area contributed by atoms with Crippen LogP contribution in [0.25, 0.3) is 0 Å². The first-order valence-corrected chi connectivity index (χ1v) is 7.67. The molecular weight excluding hydrogens is 274 g/mol. The third-order valence-electron chi connectivity index (χ3n) is 3.03. The number of rotatable bonds is 5. The Labute approximate surface area is 124 Å². The van der Waals surface area contributed by atoms with Crippen LogP contribution in [0.5, 0.6) is 0 Å². The first-order valence-electron chi connectivity index (χ1n) is 6.31. The van der Waals surface area contributed by atoms with Crippen LogP contribution in [0.1, 0.15) is 16.7 Å². The molecule has 0 aliphatic rings. The summed E-state index contributed by atoms with van der Waals surface area (Å²) < 4.78 is 0. The van der Waals surface area contributed by atoms with Gasteiger partial charge in [-0.2, -0.15) is 0 Å². The number of thioether (sulfide) groups is 1. The molecule has 0 saturated carbocycles. The lowest BCUT2D eigenvalue weighted by atomic mass is 10.1. The summed E-state index contributed by atoms with van der Waals surface area (Å²) in [6, 6.07) is 14.6. The molecule has 2 rings (SSSR count). The Morgan fingerprint density at radius 1 is 1.11 bits per heavy atom. The normalized spacial score (nSPS) is 10.7. The SMILES string of the molecule is CNCc1cc(Cl)ccc1SCc1ccccc1C. The van der Waals surface area contributed by atoms with Gasteiger partial charge in [-0.05, 0) is 48.9 Å². The van der Waals surface area contributed by atoms with Crippen molar-refractivity contribution < 1.29 is 0 Å². The highest BCUT2D eigenvalue weighted by atomic mass is 35.5. The zero-order valence-corrected chi connectivity index (χ0v) is 12.8. The van der Waals surface area contributed by atoms with Crippen LogP contribution in [0.2, 0.25) is 5.02 Å². The first-order chi connectivity index (χ1) is 9.20. The van der Waals surface area contributed by atoms with Gasteiger partial charge in [0.15, 0.2) is 0 Å². The average molecular weight is 292 g/mol. The van der Waals surface area contributed by atoms with E-state index < -0.39 is 0 Å². The Bertz CT molecular complexity index is 554.